The maximum Gasteiger partial charge on any atom is 0.472 e. The van der Waals surface area contributed by atoms with Crippen LogP contribution in [0.15, 0.2) is 12.2 Å². The highest BCUT2D eigenvalue weighted by molar-refractivity contribution is 7.47. The zero-order valence-corrected chi connectivity index (χ0v) is 27.7. The number of carbonyl (C=O) groups is 2. The summed E-state index contributed by atoms with van der Waals surface area (Å²) in [6, 6.07) is 0. The van der Waals surface area contributed by atoms with Gasteiger partial charge in [-0.15, -0.1) is 0 Å². The Morgan fingerprint density at radius 2 is 1.29 bits per heavy atom. The average molecular weight is 607 g/mol. The number of phosphoric acid groups is 1. The fourth-order valence-electron chi connectivity index (χ4n) is 3.98. The minimum absolute atomic E-state index is 0.0305. The molecule has 0 heterocycles. The number of rotatable bonds is 28. The Kier molecular flexibility index (Phi) is 24.5. The Morgan fingerprint density at radius 1 is 0.732 bits per heavy atom. The molecular formula is C31H61NO8P+. The zero-order chi connectivity index (χ0) is 30.8. The van der Waals surface area contributed by atoms with Gasteiger partial charge in [-0.25, -0.2) is 4.57 Å². The summed E-state index contributed by atoms with van der Waals surface area (Å²) in [6.45, 7) is 4.00. The van der Waals surface area contributed by atoms with Crippen molar-refractivity contribution in [2.45, 2.75) is 129 Å². The standard InChI is InChI=1S/C31H60NO8P/c1-6-8-9-10-11-12-13-14-15-16-17-18-19-20-21-22-24-31(34)40-29(27-37-30(33)23-7-2)28-39-41(35,36)38-26-25-32(3,4)5/h15-16,29H,6-14,17-28H2,1-5H3/p+1/b16-15-. The summed E-state index contributed by atoms with van der Waals surface area (Å²) < 4.78 is 33.4. The van der Waals surface area contributed by atoms with E-state index in [1.165, 1.54) is 51.4 Å². The van der Waals surface area contributed by atoms with E-state index in [4.69, 9.17) is 18.5 Å². The van der Waals surface area contributed by atoms with Gasteiger partial charge in [-0.05, 0) is 38.5 Å². The molecule has 0 saturated heterocycles. The molecule has 0 aliphatic heterocycles. The topological polar surface area (TPSA) is 108 Å². The van der Waals surface area contributed by atoms with E-state index >= 15 is 0 Å². The summed E-state index contributed by atoms with van der Waals surface area (Å²) in [4.78, 5) is 34.1. The third-order valence-corrected chi connectivity index (χ3v) is 7.50. The summed E-state index contributed by atoms with van der Waals surface area (Å²) in [5, 5.41) is 0. The van der Waals surface area contributed by atoms with Crippen molar-refractivity contribution < 1.29 is 42.1 Å². The van der Waals surface area contributed by atoms with E-state index in [2.05, 4.69) is 19.1 Å². The first-order chi connectivity index (χ1) is 19.5. The molecule has 41 heavy (non-hydrogen) atoms. The van der Waals surface area contributed by atoms with Gasteiger partial charge in [0.1, 0.15) is 19.8 Å². The van der Waals surface area contributed by atoms with Crippen molar-refractivity contribution in [1.82, 2.24) is 0 Å². The molecular weight excluding hydrogens is 545 g/mol. The van der Waals surface area contributed by atoms with Crippen LogP contribution in [0.1, 0.15) is 123 Å². The molecule has 0 saturated carbocycles. The van der Waals surface area contributed by atoms with Gasteiger partial charge in [-0.3, -0.25) is 18.6 Å². The maximum atomic E-state index is 12.4. The smallest absolute Gasteiger partial charge is 0.462 e. The number of allylic oxidation sites excluding steroid dienone is 2. The molecule has 2 atom stereocenters. The van der Waals surface area contributed by atoms with Crippen molar-refractivity contribution in [3.63, 3.8) is 0 Å². The van der Waals surface area contributed by atoms with Crippen LogP contribution in [0.3, 0.4) is 0 Å². The monoisotopic (exact) mass is 606 g/mol. The predicted molar refractivity (Wildman–Crippen MR) is 164 cm³/mol. The number of carbonyl (C=O) groups excluding carboxylic acids is 2. The first-order valence-corrected chi connectivity index (χ1v) is 17.4. The van der Waals surface area contributed by atoms with Crippen LogP contribution in [0.2, 0.25) is 0 Å². The van der Waals surface area contributed by atoms with Gasteiger partial charge in [0.15, 0.2) is 6.10 Å². The normalized spacial score (nSPS) is 14.2. The van der Waals surface area contributed by atoms with Gasteiger partial charge in [0.05, 0.1) is 27.7 Å². The molecule has 0 aromatic heterocycles. The molecule has 0 aromatic carbocycles. The number of nitrogens with zero attached hydrogens (tertiary/aromatic N) is 1. The van der Waals surface area contributed by atoms with E-state index in [0.717, 1.165) is 32.1 Å². The molecule has 9 nitrogen and oxygen atoms in total. The van der Waals surface area contributed by atoms with Crippen LogP contribution in [-0.4, -0.2) is 74.9 Å². The number of hydrogen-bond acceptors (Lipinski definition) is 7. The van der Waals surface area contributed by atoms with Crippen molar-refractivity contribution in [1.29, 1.82) is 0 Å². The second kappa shape index (κ2) is 25.3. The lowest BCUT2D eigenvalue weighted by Crippen LogP contribution is -2.37. The van der Waals surface area contributed by atoms with Gasteiger partial charge < -0.3 is 18.9 Å². The largest absolute Gasteiger partial charge is 0.472 e. The molecule has 0 amide bonds. The van der Waals surface area contributed by atoms with E-state index in [1.54, 1.807) is 0 Å². The maximum absolute atomic E-state index is 12.4. The number of esters is 2. The Bertz CT molecular complexity index is 738. The van der Waals surface area contributed by atoms with Crippen LogP contribution in [0.4, 0.5) is 0 Å². The van der Waals surface area contributed by atoms with Crippen molar-refractivity contribution in [2.24, 2.45) is 0 Å². The molecule has 10 heteroatoms. The quantitative estimate of drug-likeness (QED) is 0.0321. The minimum atomic E-state index is -4.34. The fourth-order valence-corrected chi connectivity index (χ4v) is 4.73. The number of phosphoric ester groups is 1. The van der Waals surface area contributed by atoms with Gasteiger partial charge in [-0.1, -0.05) is 83.8 Å². The Hall–Kier alpha value is -1.25. The molecule has 0 fully saturated rings. The lowest BCUT2D eigenvalue weighted by atomic mass is 10.1. The molecule has 0 spiro atoms. The summed E-state index contributed by atoms with van der Waals surface area (Å²) in [7, 11) is 1.46. The van der Waals surface area contributed by atoms with Gasteiger partial charge >= 0.3 is 19.8 Å². The van der Waals surface area contributed by atoms with Gasteiger partial charge in [0, 0.05) is 12.8 Å². The first kappa shape index (κ1) is 39.8. The van der Waals surface area contributed by atoms with E-state index < -0.39 is 32.5 Å². The second-order valence-corrected chi connectivity index (χ2v) is 13.3. The Labute approximate surface area is 250 Å². The average Bonchev–Trinajstić information content (AvgIpc) is 2.89. The lowest BCUT2D eigenvalue weighted by molar-refractivity contribution is -0.870. The Morgan fingerprint density at radius 3 is 1.85 bits per heavy atom. The Balaban J connectivity index is 4.18. The lowest BCUT2D eigenvalue weighted by Gasteiger charge is -2.24. The highest BCUT2D eigenvalue weighted by Gasteiger charge is 2.26. The second-order valence-electron chi connectivity index (χ2n) is 11.8. The molecule has 0 aromatic rings. The van der Waals surface area contributed by atoms with Crippen LogP contribution < -0.4 is 0 Å². The highest BCUT2D eigenvalue weighted by atomic mass is 31.2. The molecule has 242 valence electrons. The SMILES string of the molecule is CCCCCCCCC/C=C\CCCCCCCC(=O)OC(COC(=O)CCC)COP(=O)(O)OCC[N+](C)(C)C. The summed E-state index contributed by atoms with van der Waals surface area (Å²) in [5.74, 6) is -0.871. The van der Waals surface area contributed by atoms with Gasteiger partial charge in [0.2, 0.25) is 0 Å². The van der Waals surface area contributed by atoms with Crippen LogP contribution in [0, 0.1) is 0 Å². The summed E-state index contributed by atoms with van der Waals surface area (Å²) in [5.41, 5.74) is 0. The van der Waals surface area contributed by atoms with Crippen molar-refractivity contribution in [2.75, 3.05) is 47.5 Å². The predicted octanol–water partition coefficient (Wildman–Crippen LogP) is 7.51. The van der Waals surface area contributed by atoms with E-state index in [9.17, 15) is 19.0 Å². The molecule has 0 aliphatic rings. The van der Waals surface area contributed by atoms with Crippen molar-refractivity contribution >= 4 is 19.8 Å². The van der Waals surface area contributed by atoms with Crippen molar-refractivity contribution in [3.05, 3.63) is 12.2 Å². The fraction of sp³-hybridized carbons (Fsp3) is 0.871. The third-order valence-electron chi connectivity index (χ3n) is 6.52. The third kappa shape index (κ3) is 28.6. The van der Waals surface area contributed by atoms with Crippen LogP contribution in [0.25, 0.3) is 0 Å². The van der Waals surface area contributed by atoms with E-state index in [0.29, 0.717) is 23.9 Å². The number of unbranched alkanes of at least 4 members (excludes halogenated alkanes) is 12. The number of ether oxygens (including phenoxy) is 2. The van der Waals surface area contributed by atoms with E-state index in [-0.39, 0.29) is 26.1 Å². The van der Waals surface area contributed by atoms with Crippen LogP contribution in [-0.2, 0) is 32.7 Å². The molecule has 2 unspecified atom stereocenters. The molecule has 1 N–H and O–H groups in total. The summed E-state index contributed by atoms with van der Waals surface area (Å²) >= 11 is 0. The zero-order valence-electron chi connectivity index (χ0n) is 26.8. The van der Waals surface area contributed by atoms with Gasteiger partial charge in [0.25, 0.3) is 0 Å². The molecule has 0 rings (SSSR count). The molecule has 0 aliphatic carbocycles. The van der Waals surface area contributed by atoms with Crippen LogP contribution in [0.5, 0.6) is 0 Å². The first-order valence-electron chi connectivity index (χ1n) is 15.9. The van der Waals surface area contributed by atoms with E-state index in [1.807, 2.05) is 28.1 Å². The molecule has 0 bridgehead atoms. The minimum Gasteiger partial charge on any atom is -0.462 e. The summed E-state index contributed by atoms with van der Waals surface area (Å²) in [6.07, 6.45) is 21.4. The highest BCUT2D eigenvalue weighted by Crippen LogP contribution is 2.43. The number of hydrogen-bond donors (Lipinski definition) is 1. The molecule has 0 radical (unpaired) electrons. The van der Waals surface area contributed by atoms with Crippen LogP contribution >= 0.6 is 7.82 Å². The van der Waals surface area contributed by atoms with Crippen molar-refractivity contribution in [3.8, 4) is 0 Å². The number of quaternary nitrogens is 1. The van der Waals surface area contributed by atoms with Gasteiger partial charge in [-0.2, -0.15) is 0 Å². The number of likely N-dealkylation sites (N-methyl/N-ethyl adjacent to an activating group) is 1.